The summed E-state index contributed by atoms with van der Waals surface area (Å²) in [6, 6.07) is 97.2. The van der Waals surface area contributed by atoms with Crippen molar-refractivity contribution >= 4 is 34.1 Å². The van der Waals surface area contributed by atoms with Gasteiger partial charge in [-0.1, -0.05) is 257 Å². The molecule has 3 heteroatoms. The third-order valence-corrected chi connectivity index (χ3v) is 24.9. The Morgan fingerprint density at radius 3 is 1.08 bits per heavy atom. The van der Waals surface area contributed by atoms with E-state index in [-0.39, 0.29) is 32.9 Å². The summed E-state index contributed by atoms with van der Waals surface area (Å²) in [5.41, 5.74) is 39.6. The minimum atomic E-state index is -0.0826. The minimum absolute atomic E-state index is 0.00978. The van der Waals surface area contributed by atoms with Crippen LogP contribution in [0.3, 0.4) is 0 Å². The Kier molecular flexibility index (Phi) is 20.5. The van der Waals surface area contributed by atoms with Gasteiger partial charge in [0.1, 0.15) is 0 Å². The highest BCUT2D eigenvalue weighted by Gasteiger charge is 2.43. The van der Waals surface area contributed by atoms with Crippen molar-refractivity contribution in [3.8, 4) is 66.8 Å². The second kappa shape index (κ2) is 29.4. The molecule has 0 aliphatic heterocycles. The number of fused-ring (bicyclic) bond motifs is 9. The molecule has 0 radical (unpaired) electrons. The Hall–Kier alpha value is -9.96. The van der Waals surface area contributed by atoms with Crippen LogP contribution in [0.4, 0.5) is 34.1 Å². The van der Waals surface area contributed by atoms with Crippen LogP contribution in [-0.4, -0.2) is 16.6 Å². The zero-order valence-corrected chi connectivity index (χ0v) is 70.0. The number of hydrogen-bond donors (Lipinski definition) is 0. The molecule has 0 aromatic heterocycles. The molecule has 0 spiro atoms. The first-order valence-electron chi connectivity index (χ1n) is 40.9. The number of hydrogen-bond acceptors (Lipinski definition) is 3. The van der Waals surface area contributed by atoms with Gasteiger partial charge in [0, 0.05) is 67.0 Å². The number of rotatable bonds is 12. The van der Waals surface area contributed by atoms with Gasteiger partial charge in [-0.3, -0.25) is 0 Å². The average molecular weight is 1450 g/mol. The predicted molar refractivity (Wildman–Crippen MR) is 477 cm³/mol. The molecule has 0 unspecified atom stereocenters. The van der Waals surface area contributed by atoms with Gasteiger partial charge in [0.05, 0.1) is 0 Å². The molecule has 0 amide bonds. The fraction of sp³-hybridized carbons (Fsp3) is 0.327. The van der Waals surface area contributed by atoms with Crippen molar-refractivity contribution in [3.63, 3.8) is 0 Å². The van der Waals surface area contributed by atoms with Crippen molar-refractivity contribution in [1.29, 1.82) is 0 Å². The summed E-state index contributed by atoms with van der Waals surface area (Å²) in [5, 5.41) is 0. The van der Waals surface area contributed by atoms with Crippen LogP contribution in [0.25, 0.3) is 66.8 Å². The van der Waals surface area contributed by atoms with E-state index >= 15 is 0 Å². The molecule has 16 rings (SSSR count). The van der Waals surface area contributed by atoms with Crippen LogP contribution in [-0.2, 0) is 29.1 Å². The molecule has 1 fully saturated rings. The number of benzene rings is 12. The largest absolute Gasteiger partial charge is 0.336 e. The maximum absolute atomic E-state index is 2.62. The average Bonchev–Trinajstić information content (AvgIpc) is 1.56. The maximum atomic E-state index is 2.62. The first kappa shape index (κ1) is 76.8. The molecule has 12 aromatic carbocycles. The van der Waals surface area contributed by atoms with Gasteiger partial charge < -0.3 is 14.7 Å². The van der Waals surface area contributed by atoms with E-state index < -0.39 is 0 Å². The summed E-state index contributed by atoms with van der Waals surface area (Å²) < 4.78 is 0. The minimum Gasteiger partial charge on any atom is -0.336 e. The lowest BCUT2D eigenvalue weighted by molar-refractivity contribution is 0.224. The van der Waals surface area contributed by atoms with Crippen LogP contribution >= 0.6 is 0 Å². The molecule has 0 atom stereocenters. The van der Waals surface area contributed by atoms with Gasteiger partial charge in [-0.15, -0.1) is 0 Å². The zero-order chi connectivity index (χ0) is 78.2. The van der Waals surface area contributed by atoms with E-state index in [2.05, 4.69) is 421 Å². The van der Waals surface area contributed by atoms with Crippen LogP contribution in [0.15, 0.2) is 261 Å². The molecule has 3 nitrogen and oxygen atoms in total. The fourth-order valence-electron chi connectivity index (χ4n) is 19.0. The highest BCUT2D eigenvalue weighted by atomic mass is 15.2. The topological polar surface area (TPSA) is 9.72 Å². The summed E-state index contributed by atoms with van der Waals surface area (Å²) in [7, 11) is 0. The normalized spacial score (nSPS) is 15.3. The Balaban J connectivity index is 0.000000138. The van der Waals surface area contributed by atoms with E-state index in [0.717, 1.165) is 12.8 Å². The van der Waals surface area contributed by atoms with Crippen molar-refractivity contribution in [2.24, 2.45) is 5.41 Å². The number of anilines is 6. The van der Waals surface area contributed by atoms with Gasteiger partial charge in [-0.05, 0) is 327 Å². The van der Waals surface area contributed by atoms with Crippen LogP contribution in [0.5, 0.6) is 0 Å². The molecule has 110 heavy (non-hydrogen) atoms. The first-order chi connectivity index (χ1) is 52.2. The van der Waals surface area contributed by atoms with Gasteiger partial charge in [-0.25, -0.2) is 0 Å². The van der Waals surface area contributed by atoms with Crippen LogP contribution < -0.4 is 14.7 Å². The van der Waals surface area contributed by atoms with Gasteiger partial charge in [-0.2, -0.15) is 0 Å². The molecule has 0 saturated heterocycles. The lowest BCUT2D eigenvalue weighted by Gasteiger charge is -2.42. The van der Waals surface area contributed by atoms with E-state index in [1.165, 1.54) is 188 Å². The van der Waals surface area contributed by atoms with Gasteiger partial charge in [0.25, 0.3) is 0 Å². The Morgan fingerprint density at radius 2 is 0.636 bits per heavy atom. The van der Waals surface area contributed by atoms with Crippen LogP contribution in [0, 0.1) is 19.3 Å². The first-order valence-corrected chi connectivity index (χ1v) is 40.9. The molecule has 0 N–H and O–H groups in total. The number of nitrogens with zero attached hydrogens (tertiary/aromatic N) is 3. The molecule has 4 aliphatic rings. The van der Waals surface area contributed by atoms with E-state index in [0.29, 0.717) is 11.3 Å². The second-order valence-electron chi connectivity index (χ2n) is 37.3. The van der Waals surface area contributed by atoms with E-state index in [9.17, 15) is 0 Å². The third-order valence-electron chi connectivity index (χ3n) is 24.9. The van der Waals surface area contributed by atoms with Crippen LogP contribution in [0.2, 0.25) is 0 Å². The summed E-state index contributed by atoms with van der Waals surface area (Å²) in [6.45, 7) is 49.3. The van der Waals surface area contributed by atoms with Gasteiger partial charge in [0.2, 0.25) is 0 Å². The van der Waals surface area contributed by atoms with Crippen molar-refractivity contribution < 1.29 is 0 Å². The molecule has 1 saturated carbocycles. The molecule has 12 aromatic rings. The molecule has 0 bridgehead atoms. The maximum Gasteiger partial charge on any atom is 0.0454 e. The Bertz CT molecular complexity index is 5340. The van der Waals surface area contributed by atoms with Gasteiger partial charge >= 0.3 is 0 Å². The van der Waals surface area contributed by atoms with E-state index in [1.54, 1.807) is 0 Å². The fourth-order valence-corrected chi connectivity index (χ4v) is 19.0. The number of aryl methyl sites for hydroxylation is 4. The Labute approximate surface area is 661 Å². The SMILES string of the molecule is CC1(C)CCC(c2cc3c(cc2N(c2ccc(-c4ccccc4)cc2)C(C)(C)C)C(C)(C)c2ccccc2-3)CC1.CCc1cc(-c2ccccc2)ccc1N(c1cc2c(cc1CC)-c1ccccc1C2(C)C)C(C)(C)C.Cc1cc(-c2ccccc2)ccc1N(c1cc2c(cc1C)-c1ccccc1C2(C)C)C(C)(C)C. The smallest absolute Gasteiger partial charge is 0.0454 e. The summed E-state index contributed by atoms with van der Waals surface area (Å²) in [5.74, 6) is 0.581. The molecule has 4 aliphatic carbocycles. The molecule has 0 heterocycles. The lowest BCUT2D eigenvalue weighted by atomic mass is 9.70. The van der Waals surface area contributed by atoms with E-state index in [1.807, 2.05) is 0 Å². The highest BCUT2D eigenvalue weighted by molar-refractivity contribution is 5.90. The molecular formula is C107H119N3. The van der Waals surface area contributed by atoms with E-state index in [4.69, 9.17) is 0 Å². The quantitative estimate of drug-likeness (QED) is 0.121. The Morgan fingerprint density at radius 1 is 0.291 bits per heavy atom. The van der Waals surface area contributed by atoms with Crippen molar-refractivity contribution in [2.45, 2.75) is 223 Å². The van der Waals surface area contributed by atoms with Crippen molar-refractivity contribution in [3.05, 3.63) is 322 Å². The monoisotopic (exact) mass is 1450 g/mol. The second-order valence-corrected chi connectivity index (χ2v) is 37.3. The zero-order valence-electron chi connectivity index (χ0n) is 70.0. The lowest BCUT2D eigenvalue weighted by Crippen LogP contribution is -2.39. The molecule has 562 valence electrons. The predicted octanol–water partition coefficient (Wildman–Crippen LogP) is 30.2. The summed E-state index contributed by atoms with van der Waals surface area (Å²) in [6.07, 6.45) is 7.09. The standard InChI is InChI=1S/C39H45N.C35H39N.C33H35N/c1-37(2,3)40(30-19-17-28(18-20-30)27-13-9-8-10-14-27)36-26-35-33(31-15-11-12-16-34(31)39(35,6)7)25-32(36)29-21-23-38(4,5)24-22-29;1-8-24-21-27(26-15-11-10-12-16-26)19-20-32(24)36(34(3,4)5)33-23-31-29(22-25(33)9-2)28-17-13-14-18-30(28)35(31,6)7;1-22-19-25(24-13-9-8-10-14-24)17-18-30(22)34(32(3,4)5)31-21-29-27(20-23(31)2)26-15-11-12-16-28(26)33(29,6)7/h8-20,25-26,29H,21-24H2,1-7H3;10-23H,8-9H2,1-7H3;8-21H,1-7H3. The van der Waals surface area contributed by atoms with Crippen molar-refractivity contribution in [2.75, 3.05) is 14.7 Å². The summed E-state index contributed by atoms with van der Waals surface area (Å²) in [4.78, 5) is 7.75. The van der Waals surface area contributed by atoms with Crippen LogP contribution in [0.1, 0.15) is 224 Å². The molecular weight excluding hydrogens is 1330 g/mol. The summed E-state index contributed by atoms with van der Waals surface area (Å²) >= 11 is 0. The van der Waals surface area contributed by atoms with Gasteiger partial charge in [0.15, 0.2) is 0 Å². The highest BCUT2D eigenvalue weighted by Crippen LogP contribution is 2.57. The van der Waals surface area contributed by atoms with Crippen molar-refractivity contribution in [1.82, 2.24) is 0 Å². The third kappa shape index (κ3) is 14.4.